The van der Waals surface area contributed by atoms with Gasteiger partial charge < -0.3 is 9.47 Å². The Morgan fingerprint density at radius 1 is 1.43 bits per heavy atom. The van der Waals surface area contributed by atoms with Crippen LogP contribution in [0.3, 0.4) is 0 Å². The van der Waals surface area contributed by atoms with Crippen molar-refractivity contribution in [1.29, 1.82) is 0 Å². The molecule has 3 saturated heterocycles. The molecule has 5 atom stereocenters. The van der Waals surface area contributed by atoms with Crippen molar-refractivity contribution >= 4 is 32.7 Å². The zero-order valence-electron chi connectivity index (χ0n) is 7.13. The first kappa shape index (κ1) is 9.76. The van der Waals surface area contributed by atoms with Crippen LogP contribution < -0.4 is 0 Å². The second-order valence-corrected chi connectivity index (χ2v) is 6.11. The molecule has 3 rings (SSSR count). The van der Waals surface area contributed by atoms with Gasteiger partial charge in [0.2, 0.25) is 0 Å². The molecule has 3 heterocycles. The van der Waals surface area contributed by atoms with Crippen LogP contribution in [0.4, 0.5) is 0 Å². The largest absolute Gasteiger partial charge is 0.368 e. The van der Waals surface area contributed by atoms with Crippen molar-refractivity contribution in [2.75, 3.05) is 4.61 Å². The Balaban J connectivity index is 1.93. The quantitative estimate of drug-likeness (QED) is 0.406. The summed E-state index contributed by atoms with van der Waals surface area (Å²) in [5.41, 5.74) is 0. The Kier molecular flexibility index (Phi) is 2.11. The van der Waals surface area contributed by atoms with Gasteiger partial charge in [0.1, 0.15) is 23.6 Å². The standard InChI is InChI=1S/C7H9IO5S/c8-2-11-5-3-1-4-6(12-3)7(5)13-14(4,9)10/h3-7H,1-2H2. The maximum atomic E-state index is 11.5. The van der Waals surface area contributed by atoms with E-state index in [9.17, 15) is 8.42 Å². The molecule has 0 aromatic heterocycles. The maximum Gasteiger partial charge on any atom is 0.273 e. The van der Waals surface area contributed by atoms with Crippen molar-refractivity contribution in [2.45, 2.75) is 36.1 Å². The fourth-order valence-corrected chi connectivity index (χ4v) is 4.56. The highest BCUT2D eigenvalue weighted by molar-refractivity contribution is 14.1. The molecule has 14 heavy (non-hydrogen) atoms. The summed E-state index contributed by atoms with van der Waals surface area (Å²) >= 11 is 2.08. The highest BCUT2D eigenvalue weighted by Crippen LogP contribution is 2.47. The van der Waals surface area contributed by atoms with Crippen LogP contribution in [0.1, 0.15) is 6.42 Å². The minimum Gasteiger partial charge on any atom is -0.368 e. The third-order valence-corrected chi connectivity index (χ3v) is 5.10. The van der Waals surface area contributed by atoms with Crippen molar-refractivity contribution < 1.29 is 22.1 Å². The Hall–Kier alpha value is 0.560. The summed E-state index contributed by atoms with van der Waals surface area (Å²) in [5, 5.41) is -0.452. The number of ether oxygens (including phenoxy) is 2. The van der Waals surface area contributed by atoms with Crippen LogP contribution in [0.25, 0.3) is 0 Å². The molecule has 0 spiro atoms. The van der Waals surface area contributed by atoms with Crippen molar-refractivity contribution in [3.05, 3.63) is 0 Å². The molecule has 3 fully saturated rings. The zero-order valence-corrected chi connectivity index (χ0v) is 10.1. The predicted octanol–water partition coefficient (Wildman–Crippen LogP) is 0.0324. The first-order valence-corrected chi connectivity index (χ1v) is 7.38. The third-order valence-electron chi connectivity index (χ3n) is 3.05. The molecule has 3 aliphatic rings. The van der Waals surface area contributed by atoms with Crippen LogP contribution in [-0.4, -0.2) is 42.7 Å². The topological polar surface area (TPSA) is 61.8 Å². The molecule has 5 unspecified atom stereocenters. The molecule has 5 nitrogen and oxygen atoms in total. The molecule has 0 saturated carbocycles. The van der Waals surface area contributed by atoms with Crippen LogP contribution in [0.15, 0.2) is 0 Å². The van der Waals surface area contributed by atoms with Gasteiger partial charge >= 0.3 is 0 Å². The number of hydrogen-bond donors (Lipinski definition) is 0. The van der Waals surface area contributed by atoms with Gasteiger partial charge in [-0.1, -0.05) is 22.6 Å². The monoisotopic (exact) mass is 332 g/mol. The second-order valence-electron chi connectivity index (χ2n) is 3.71. The Labute approximate surface area is 95.3 Å². The number of fused-ring (bicyclic) bond motifs is 1. The first-order chi connectivity index (χ1) is 6.63. The number of rotatable bonds is 2. The van der Waals surface area contributed by atoms with Gasteiger partial charge in [0.25, 0.3) is 10.1 Å². The molecule has 3 aliphatic heterocycles. The third kappa shape index (κ3) is 1.13. The van der Waals surface area contributed by atoms with E-state index in [2.05, 4.69) is 22.6 Å². The van der Waals surface area contributed by atoms with Crippen LogP contribution >= 0.6 is 22.6 Å². The summed E-state index contributed by atoms with van der Waals surface area (Å²) in [6, 6.07) is 0. The van der Waals surface area contributed by atoms with Gasteiger partial charge in [-0.25, -0.2) is 0 Å². The van der Waals surface area contributed by atoms with Crippen LogP contribution in [0, 0.1) is 0 Å². The lowest BCUT2D eigenvalue weighted by atomic mass is 9.94. The van der Waals surface area contributed by atoms with Crippen molar-refractivity contribution in [2.24, 2.45) is 0 Å². The summed E-state index contributed by atoms with van der Waals surface area (Å²) in [4.78, 5) is 0. The molecule has 0 aromatic rings. The van der Waals surface area contributed by atoms with Crippen LogP contribution in [-0.2, 0) is 23.8 Å². The zero-order chi connectivity index (χ0) is 9.92. The highest BCUT2D eigenvalue weighted by Gasteiger charge is 2.66. The van der Waals surface area contributed by atoms with E-state index in [-0.39, 0.29) is 18.3 Å². The molecule has 0 N–H and O–H groups in total. The van der Waals surface area contributed by atoms with E-state index in [1.807, 2.05) is 0 Å². The molecule has 0 aliphatic carbocycles. The summed E-state index contributed by atoms with van der Waals surface area (Å²) in [6.07, 6.45) is -0.478. The molecular weight excluding hydrogens is 323 g/mol. The lowest BCUT2D eigenvalue weighted by molar-refractivity contribution is -0.000334. The van der Waals surface area contributed by atoms with Gasteiger partial charge in [0, 0.05) is 0 Å². The fraction of sp³-hybridized carbons (Fsp3) is 1.00. The van der Waals surface area contributed by atoms with Crippen LogP contribution in [0.2, 0.25) is 0 Å². The summed E-state index contributed by atoms with van der Waals surface area (Å²) < 4.78 is 39.4. The minimum atomic E-state index is -3.39. The van der Waals surface area contributed by atoms with Crippen molar-refractivity contribution in [3.63, 3.8) is 0 Å². The molecule has 80 valence electrons. The highest BCUT2D eigenvalue weighted by atomic mass is 127. The van der Waals surface area contributed by atoms with Gasteiger partial charge in [0.05, 0.1) is 10.7 Å². The summed E-state index contributed by atoms with van der Waals surface area (Å²) in [7, 11) is -3.39. The van der Waals surface area contributed by atoms with E-state index >= 15 is 0 Å². The molecule has 0 radical (unpaired) electrons. The molecule has 2 bridgehead atoms. The first-order valence-electron chi connectivity index (χ1n) is 4.38. The van der Waals surface area contributed by atoms with E-state index in [1.165, 1.54) is 0 Å². The number of alkyl halides is 1. The Morgan fingerprint density at radius 3 is 2.93 bits per heavy atom. The number of hydrogen-bond acceptors (Lipinski definition) is 5. The van der Waals surface area contributed by atoms with Crippen molar-refractivity contribution in [3.8, 4) is 0 Å². The Bertz CT molecular complexity index is 355. The predicted molar refractivity (Wildman–Crippen MR) is 54.6 cm³/mol. The number of halogens is 1. The average Bonchev–Trinajstić information content (AvgIpc) is 2.68. The van der Waals surface area contributed by atoms with E-state index in [0.717, 1.165) is 0 Å². The SMILES string of the molecule is O=S1(=O)OC2C(OCI)C3CC1C2O3. The maximum absolute atomic E-state index is 11.5. The van der Waals surface area contributed by atoms with Gasteiger partial charge in [-0.15, -0.1) is 0 Å². The minimum absolute atomic E-state index is 0.0953. The van der Waals surface area contributed by atoms with Gasteiger partial charge in [-0.3, -0.25) is 4.18 Å². The molecule has 7 heteroatoms. The fourth-order valence-electron chi connectivity index (χ4n) is 2.50. The van der Waals surface area contributed by atoms with E-state index in [1.54, 1.807) is 0 Å². The summed E-state index contributed by atoms with van der Waals surface area (Å²) in [6.45, 7) is 0. The van der Waals surface area contributed by atoms with Gasteiger partial charge in [0.15, 0.2) is 0 Å². The normalized spacial score (nSPS) is 52.8. The summed E-state index contributed by atoms with van der Waals surface area (Å²) in [5.74, 6) is 0. The van der Waals surface area contributed by atoms with Gasteiger partial charge in [-0.05, 0) is 6.42 Å². The van der Waals surface area contributed by atoms with E-state index < -0.39 is 21.5 Å². The molecule has 0 aromatic carbocycles. The Morgan fingerprint density at radius 2 is 2.21 bits per heavy atom. The second kappa shape index (κ2) is 3.03. The lowest BCUT2D eigenvalue weighted by Gasteiger charge is -2.20. The van der Waals surface area contributed by atoms with E-state index in [0.29, 0.717) is 11.0 Å². The smallest absolute Gasteiger partial charge is 0.273 e. The molecular formula is C7H9IO5S. The lowest BCUT2D eigenvalue weighted by Crippen LogP contribution is -2.40. The van der Waals surface area contributed by atoms with Gasteiger partial charge in [-0.2, -0.15) is 8.42 Å². The van der Waals surface area contributed by atoms with Crippen molar-refractivity contribution in [1.82, 2.24) is 0 Å². The van der Waals surface area contributed by atoms with E-state index in [4.69, 9.17) is 13.7 Å². The van der Waals surface area contributed by atoms with Crippen LogP contribution in [0.5, 0.6) is 0 Å². The molecule has 0 amide bonds. The average molecular weight is 332 g/mol.